The number of hydrogen-bond acceptors (Lipinski definition) is 4. The van der Waals surface area contributed by atoms with Gasteiger partial charge in [0.05, 0.1) is 4.90 Å². The maximum absolute atomic E-state index is 13.4. The Morgan fingerprint density at radius 1 is 0.649 bits per heavy atom. The van der Waals surface area contributed by atoms with Gasteiger partial charge in [0.1, 0.15) is 5.25 Å². The third kappa shape index (κ3) is 6.02. The van der Waals surface area contributed by atoms with E-state index in [4.69, 9.17) is 0 Å². The summed E-state index contributed by atoms with van der Waals surface area (Å²) in [4.78, 5) is 14.5. The van der Waals surface area contributed by atoms with Crippen LogP contribution in [-0.2, 0) is 14.8 Å². The van der Waals surface area contributed by atoms with Crippen LogP contribution in [0.3, 0.4) is 0 Å². The van der Waals surface area contributed by atoms with Crippen LogP contribution in [-0.4, -0.2) is 14.3 Å². The number of amides is 1. The van der Waals surface area contributed by atoms with Gasteiger partial charge in [-0.15, -0.1) is 11.8 Å². The molecule has 0 fully saturated rings. The van der Waals surface area contributed by atoms with E-state index in [2.05, 4.69) is 10.0 Å². The normalized spacial score (nSPS) is 12.1. The number of nitrogens with one attached hydrogen (secondary N) is 2. The minimum Gasteiger partial charge on any atom is -0.325 e. The highest BCUT2D eigenvalue weighted by Crippen LogP contribution is 2.37. The Kier molecular flexibility index (Phi) is 7.25. The van der Waals surface area contributed by atoms with Crippen LogP contribution in [0.15, 0.2) is 137 Å². The lowest BCUT2D eigenvalue weighted by Gasteiger charge is -2.18. The first kappa shape index (κ1) is 24.6. The van der Waals surface area contributed by atoms with Crippen LogP contribution in [0.5, 0.6) is 0 Å². The van der Waals surface area contributed by atoms with Gasteiger partial charge >= 0.3 is 0 Å². The molecule has 0 aliphatic carbocycles. The lowest BCUT2D eigenvalue weighted by atomic mass is 10.1. The molecule has 184 valence electrons. The van der Waals surface area contributed by atoms with Gasteiger partial charge in [0.2, 0.25) is 5.91 Å². The van der Waals surface area contributed by atoms with Crippen molar-refractivity contribution in [3.05, 3.63) is 133 Å². The molecule has 0 bridgehead atoms. The minimum absolute atomic E-state index is 0.139. The van der Waals surface area contributed by atoms with E-state index in [-0.39, 0.29) is 10.8 Å². The first-order valence-electron chi connectivity index (χ1n) is 11.7. The SMILES string of the molecule is O=C(Nc1ccc2ccccc2c1)C(Sc1ccc(NS(=O)(=O)c2ccccc2)cc1)c1ccccc1. The van der Waals surface area contributed by atoms with E-state index in [1.54, 1.807) is 42.5 Å². The van der Waals surface area contributed by atoms with E-state index >= 15 is 0 Å². The Labute approximate surface area is 220 Å². The van der Waals surface area contributed by atoms with Gasteiger partial charge in [0.15, 0.2) is 0 Å². The summed E-state index contributed by atoms with van der Waals surface area (Å²) < 4.78 is 27.8. The molecule has 0 aliphatic rings. The molecule has 5 aromatic carbocycles. The van der Waals surface area contributed by atoms with Gasteiger partial charge < -0.3 is 5.32 Å². The van der Waals surface area contributed by atoms with Crippen LogP contribution in [0.25, 0.3) is 10.8 Å². The average molecular weight is 525 g/mol. The molecule has 0 saturated carbocycles. The fraction of sp³-hybridized carbons (Fsp3) is 0.0333. The zero-order valence-corrected chi connectivity index (χ0v) is 21.4. The molecule has 5 nitrogen and oxygen atoms in total. The Morgan fingerprint density at radius 3 is 1.95 bits per heavy atom. The summed E-state index contributed by atoms with van der Waals surface area (Å²) in [6, 6.07) is 38.7. The predicted molar refractivity (Wildman–Crippen MR) is 151 cm³/mol. The number of fused-ring (bicyclic) bond motifs is 1. The van der Waals surface area contributed by atoms with E-state index in [1.165, 1.54) is 11.8 Å². The van der Waals surface area contributed by atoms with Crippen LogP contribution in [0.2, 0.25) is 0 Å². The Morgan fingerprint density at radius 2 is 1.24 bits per heavy atom. The third-order valence-electron chi connectivity index (χ3n) is 5.77. The van der Waals surface area contributed by atoms with Crippen molar-refractivity contribution in [2.24, 2.45) is 0 Å². The van der Waals surface area contributed by atoms with Crippen LogP contribution in [0, 0.1) is 0 Å². The number of carbonyl (C=O) groups excluding carboxylic acids is 1. The van der Waals surface area contributed by atoms with Crippen molar-refractivity contribution < 1.29 is 13.2 Å². The highest BCUT2D eigenvalue weighted by Gasteiger charge is 2.22. The van der Waals surface area contributed by atoms with Crippen molar-refractivity contribution in [1.29, 1.82) is 0 Å². The number of carbonyl (C=O) groups is 1. The summed E-state index contributed by atoms with van der Waals surface area (Å²) >= 11 is 1.41. The second kappa shape index (κ2) is 10.9. The maximum atomic E-state index is 13.4. The molecular formula is C30H24N2O3S2. The number of thioether (sulfide) groups is 1. The highest BCUT2D eigenvalue weighted by atomic mass is 32.2. The van der Waals surface area contributed by atoms with E-state index < -0.39 is 15.3 Å². The smallest absolute Gasteiger partial charge is 0.261 e. The standard InChI is InChI=1S/C30H24N2O3S2/c33-30(31-26-16-15-22-9-7-8-12-24(22)21-26)29(23-10-3-1-4-11-23)36-27-19-17-25(18-20-27)32-37(34,35)28-13-5-2-6-14-28/h1-21,29,32H,(H,31,33). The van der Waals surface area contributed by atoms with Crippen LogP contribution >= 0.6 is 11.8 Å². The van der Waals surface area contributed by atoms with Gasteiger partial charge in [0, 0.05) is 16.3 Å². The second-order valence-corrected chi connectivity index (χ2v) is 11.3. The van der Waals surface area contributed by atoms with Crippen molar-refractivity contribution in [2.75, 3.05) is 10.0 Å². The molecule has 0 saturated heterocycles. The maximum Gasteiger partial charge on any atom is 0.261 e. The summed E-state index contributed by atoms with van der Waals surface area (Å²) in [6.07, 6.45) is 0. The fourth-order valence-corrected chi connectivity index (χ4v) is 6.03. The molecule has 5 aromatic rings. The molecule has 0 heterocycles. The Bertz CT molecular complexity index is 1620. The van der Waals surface area contributed by atoms with E-state index in [9.17, 15) is 13.2 Å². The third-order valence-corrected chi connectivity index (χ3v) is 8.43. The highest BCUT2D eigenvalue weighted by molar-refractivity contribution is 8.00. The Balaban J connectivity index is 1.34. The van der Waals surface area contributed by atoms with Crippen molar-refractivity contribution in [1.82, 2.24) is 0 Å². The predicted octanol–water partition coefficient (Wildman–Crippen LogP) is 7.11. The second-order valence-electron chi connectivity index (χ2n) is 8.40. The molecule has 1 unspecified atom stereocenters. The molecule has 5 rings (SSSR count). The van der Waals surface area contributed by atoms with Crippen molar-refractivity contribution in [3.63, 3.8) is 0 Å². The molecule has 0 aliphatic heterocycles. The van der Waals surface area contributed by atoms with Gasteiger partial charge in [-0.25, -0.2) is 8.42 Å². The summed E-state index contributed by atoms with van der Waals surface area (Å²) in [6.45, 7) is 0. The van der Waals surface area contributed by atoms with Gasteiger partial charge in [-0.05, 0) is 64.9 Å². The molecule has 7 heteroatoms. The van der Waals surface area contributed by atoms with Crippen molar-refractivity contribution >= 4 is 49.8 Å². The monoisotopic (exact) mass is 524 g/mol. The number of benzene rings is 5. The quantitative estimate of drug-likeness (QED) is 0.212. The van der Waals surface area contributed by atoms with Crippen molar-refractivity contribution in [3.8, 4) is 0 Å². The first-order valence-corrected chi connectivity index (χ1v) is 14.0. The summed E-state index contributed by atoms with van der Waals surface area (Å²) in [5.74, 6) is -0.139. The number of hydrogen-bond donors (Lipinski definition) is 2. The number of sulfonamides is 1. The van der Waals surface area contributed by atoms with Gasteiger partial charge in [-0.1, -0.05) is 78.9 Å². The topological polar surface area (TPSA) is 75.3 Å². The van der Waals surface area contributed by atoms with Gasteiger partial charge in [-0.2, -0.15) is 0 Å². The molecule has 37 heavy (non-hydrogen) atoms. The molecule has 1 atom stereocenters. The molecule has 2 N–H and O–H groups in total. The van der Waals surface area contributed by atoms with Crippen molar-refractivity contribution in [2.45, 2.75) is 15.0 Å². The molecule has 0 aromatic heterocycles. The summed E-state index contributed by atoms with van der Waals surface area (Å²) in [5.41, 5.74) is 2.06. The fourth-order valence-electron chi connectivity index (χ4n) is 3.93. The lowest BCUT2D eigenvalue weighted by molar-refractivity contribution is -0.115. The van der Waals surface area contributed by atoms with Gasteiger partial charge in [-0.3, -0.25) is 9.52 Å². The van der Waals surface area contributed by atoms with E-state index in [0.29, 0.717) is 5.69 Å². The van der Waals surface area contributed by atoms with E-state index in [1.807, 2.05) is 84.9 Å². The largest absolute Gasteiger partial charge is 0.325 e. The van der Waals surface area contributed by atoms with Gasteiger partial charge in [0.25, 0.3) is 10.0 Å². The molecule has 0 spiro atoms. The minimum atomic E-state index is -3.68. The van der Waals surface area contributed by atoms with Crippen LogP contribution < -0.4 is 10.0 Å². The van der Waals surface area contributed by atoms with Crippen LogP contribution in [0.1, 0.15) is 10.8 Å². The van der Waals surface area contributed by atoms with Crippen LogP contribution in [0.4, 0.5) is 11.4 Å². The Hall–Kier alpha value is -4.07. The molecule has 0 radical (unpaired) electrons. The average Bonchev–Trinajstić information content (AvgIpc) is 2.93. The zero-order valence-electron chi connectivity index (χ0n) is 19.7. The summed E-state index contributed by atoms with van der Waals surface area (Å²) in [7, 11) is -3.68. The molecule has 1 amide bonds. The molecular weight excluding hydrogens is 500 g/mol. The zero-order chi connectivity index (χ0) is 25.7. The number of anilines is 2. The van der Waals surface area contributed by atoms with E-state index in [0.717, 1.165) is 26.9 Å². The summed E-state index contributed by atoms with van der Waals surface area (Å²) in [5, 5.41) is 4.72. The number of rotatable bonds is 8. The lowest BCUT2D eigenvalue weighted by Crippen LogP contribution is -2.19. The first-order chi connectivity index (χ1) is 18.0.